The third-order valence-electron chi connectivity index (χ3n) is 6.02. The number of anilines is 1. The van der Waals surface area contributed by atoms with Crippen LogP contribution < -0.4 is 4.90 Å². The number of amides is 1. The molecule has 1 amide bonds. The Morgan fingerprint density at radius 2 is 1.76 bits per heavy atom. The van der Waals surface area contributed by atoms with Crippen molar-refractivity contribution in [2.75, 3.05) is 4.90 Å². The summed E-state index contributed by atoms with van der Waals surface area (Å²) >= 11 is 1.13. The number of hydrogen-bond donors (Lipinski definition) is 1. The normalized spacial score (nSPS) is 17.6. The second-order valence-electron chi connectivity index (χ2n) is 8.24. The van der Waals surface area contributed by atoms with Gasteiger partial charge in [0, 0.05) is 5.56 Å². The molecular formula is C27H21FN2O3S. The molecule has 7 heteroatoms. The van der Waals surface area contributed by atoms with Gasteiger partial charge < -0.3 is 5.11 Å². The van der Waals surface area contributed by atoms with Crippen LogP contribution in [0.15, 0.2) is 72.3 Å². The molecule has 3 aromatic carbocycles. The molecule has 1 saturated heterocycles. The van der Waals surface area contributed by atoms with Crippen LogP contribution in [0.3, 0.4) is 0 Å². The molecule has 1 unspecified atom stereocenters. The zero-order valence-electron chi connectivity index (χ0n) is 18.6. The number of aliphatic hydroxyl groups excluding tert-OH is 1. The lowest BCUT2D eigenvalue weighted by atomic mass is 9.94. The molecule has 2 heterocycles. The SMILES string of the molecule is CCc1ccc(C2C(=C(O)c3ccc(C)cc3)C(=O)C(=O)N2c2nc3ccc(F)cc3s2)cc1. The van der Waals surface area contributed by atoms with Crippen LogP contribution in [-0.2, 0) is 16.0 Å². The molecule has 5 nitrogen and oxygen atoms in total. The number of carbonyl (C=O) groups is 2. The van der Waals surface area contributed by atoms with E-state index in [9.17, 15) is 19.1 Å². The van der Waals surface area contributed by atoms with E-state index in [2.05, 4.69) is 4.98 Å². The minimum Gasteiger partial charge on any atom is -0.507 e. The van der Waals surface area contributed by atoms with E-state index in [1.807, 2.05) is 50.2 Å². The van der Waals surface area contributed by atoms with Crippen molar-refractivity contribution < 1.29 is 19.1 Å². The van der Waals surface area contributed by atoms with Gasteiger partial charge in [0.05, 0.1) is 21.8 Å². The van der Waals surface area contributed by atoms with E-state index in [-0.39, 0.29) is 16.5 Å². The highest BCUT2D eigenvalue weighted by molar-refractivity contribution is 7.22. The van der Waals surface area contributed by atoms with Gasteiger partial charge in [-0.3, -0.25) is 14.5 Å². The van der Waals surface area contributed by atoms with E-state index in [1.165, 1.54) is 17.0 Å². The molecule has 1 aliphatic rings. The van der Waals surface area contributed by atoms with Crippen molar-refractivity contribution >= 4 is 44.1 Å². The zero-order chi connectivity index (χ0) is 24.0. The first-order valence-corrected chi connectivity index (χ1v) is 11.7. The molecule has 0 radical (unpaired) electrons. The number of rotatable bonds is 4. The summed E-state index contributed by atoms with van der Waals surface area (Å²) < 4.78 is 14.3. The largest absolute Gasteiger partial charge is 0.507 e. The summed E-state index contributed by atoms with van der Waals surface area (Å²) in [7, 11) is 0. The maximum absolute atomic E-state index is 13.8. The predicted molar refractivity (Wildman–Crippen MR) is 131 cm³/mol. The summed E-state index contributed by atoms with van der Waals surface area (Å²) in [4.78, 5) is 32.4. The van der Waals surface area contributed by atoms with Gasteiger partial charge in [-0.1, -0.05) is 72.4 Å². The number of hydrogen-bond acceptors (Lipinski definition) is 5. The molecular weight excluding hydrogens is 451 g/mol. The Kier molecular flexibility index (Phi) is 5.49. The van der Waals surface area contributed by atoms with Gasteiger partial charge in [0.1, 0.15) is 11.6 Å². The molecule has 0 aliphatic carbocycles. The standard InChI is InChI=1S/C27H21FN2O3S/c1-3-16-6-10-17(11-7-16)23-22(24(31)18-8-4-15(2)5-9-18)25(32)26(33)30(23)27-29-20-13-12-19(28)14-21(20)34-27/h4-14,23,31H,3H2,1-2H3. The number of aliphatic hydroxyl groups is 1. The highest BCUT2D eigenvalue weighted by Gasteiger charge is 2.48. The van der Waals surface area contributed by atoms with Crippen LogP contribution in [0.2, 0.25) is 0 Å². The van der Waals surface area contributed by atoms with Gasteiger partial charge >= 0.3 is 5.91 Å². The third-order valence-corrected chi connectivity index (χ3v) is 7.04. The van der Waals surface area contributed by atoms with E-state index in [1.54, 1.807) is 18.2 Å². The van der Waals surface area contributed by atoms with Gasteiger partial charge in [-0.2, -0.15) is 0 Å². The average Bonchev–Trinajstić information content (AvgIpc) is 3.37. The second-order valence-corrected chi connectivity index (χ2v) is 9.25. The number of carbonyl (C=O) groups excluding carboxylic acids is 2. The maximum atomic E-state index is 13.8. The number of fused-ring (bicyclic) bond motifs is 1. The summed E-state index contributed by atoms with van der Waals surface area (Å²) in [6, 6.07) is 18.0. The molecule has 5 rings (SSSR count). The van der Waals surface area contributed by atoms with Crippen LogP contribution in [0.1, 0.15) is 35.2 Å². The van der Waals surface area contributed by atoms with Gasteiger partial charge in [0.2, 0.25) is 0 Å². The number of benzene rings is 3. The first-order chi connectivity index (χ1) is 16.4. The van der Waals surface area contributed by atoms with Crippen molar-refractivity contribution in [3.8, 4) is 0 Å². The van der Waals surface area contributed by atoms with Gasteiger partial charge in [-0.05, 0) is 42.7 Å². The minimum atomic E-state index is -0.863. The van der Waals surface area contributed by atoms with E-state index >= 15 is 0 Å². The molecule has 0 saturated carbocycles. The topological polar surface area (TPSA) is 70.5 Å². The Hall–Kier alpha value is -3.84. The summed E-state index contributed by atoms with van der Waals surface area (Å²) in [5.74, 6) is -2.21. The van der Waals surface area contributed by atoms with Crippen LogP contribution >= 0.6 is 11.3 Å². The summed E-state index contributed by atoms with van der Waals surface area (Å²) in [5, 5.41) is 11.5. The van der Waals surface area contributed by atoms with Crippen molar-refractivity contribution in [1.29, 1.82) is 0 Å². The van der Waals surface area contributed by atoms with Gasteiger partial charge in [0.15, 0.2) is 5.13 Å². The van der Waals surface area contributed by atoms with Crippen LogP contribution in [0.5, 0.6) is 0 Å². The Morgan fingerprint density at radius 1 is 1.06 bits per heavy atom. The van der Waals surface area contributed by atoms with E-state index < -0.39 is 23.5 Å². The van der Waals surface area contributed by atoms with Gasteiger partial charge in [-0.25, -0.2) is 9.37 Å². The quantitative estimate of drug-likeness (QED) is 0.227. The molecule has 170 valence electrons. The zero-order valence-corrected chi connectivity index (χ0v) is 19.4. The van der Waals surface area contributed by atoms with Crippen LogP contribution in [0, 0.1) is 12.7 Å². The highest BCUT2D eigenvalue weighted by Crippen LogP contribution is 2.44. The third kappa shape index (κ3) is 3.68. The molecule has 1 aromatic heterocycles. The van der Waals surface area contributed by atoms with Crippen LogP contribution in [0.4, 0.5) is 9.52 Å². The maximum Gasteiger partial charge on any atom is 0.301 e. The molecule has 1 N–H and O–H groups in total. The lowest BCUT2D eigenvalue weighted by Crippen LogP contribution is -2.29. The number of nitrogens with zero attached hydrogens (tertiary/aromatic N) is 2. The van der Waals surface area contributed by atoms with Gasteiger partial charge in [-0.15, -0.1) is 0 Å². The van der Waals surface area contributed by atoms with Crippen molar-refractivity contribution in [2.24, 2.45) is 0 Å². The monoisotopic (exact) mass is 472 g/mol. The molecule has 0 spiro atoms. The number of ketones is 1. The molecule has 34 heavy (non-hydrogen) atoms. The van der Waals surface area contributed by atoms with Crippen LogP contribution in [-0.4, -0.2) is 21.8 Å². The number of halogens is 1. The number of Topliss-reactive ketones (excluding diaryl/α,β-unsaturated/α-hetero) is 1. The van der Waals surface area contributed by atoms with Gasteiger partial charge in [0.25, 0.3) is 5.78 Å². The summed E-state index contributed by atoms with van der Waals surface area (Å²) in [6.45, 7) is 3.97. The summed E-state index contributed by atoms with van der Waals surface area (Å²) in [6.07, 6.45) is 0.841. The van der Waals surface area contributed by atoms with E-state index in [0.29, 0.717) is 21.3 Å². The average molecular weight is 473 g/mol. The number of thiazole rings is 1. The lowest BCUT2D eigenvalue weighted by Gasteiger charge is -2.23. The Labute approximate surface area is 199 Å². The first-order valence-electron chi connectivity index (χ1n) is 10.9. The first kappa shape index (κ1) is 22.0. The smallest absolute Gasteiger partial charge is 0.301 e. The Balaban J connectivity index is 1.72. The highest BCUT2D eigenvalue weighted by atomic mass is 32.1. The fraction of sp³-hybridized carbons (Fsp3) is 0.148. The van der Waals surface area contributed by atoms with Crippen molar-refractivity contribution in [3.63, 3.8) is 0 Å². The lowest BCUT2D eigenvalue weighted by molar-refractivity contribution is -0.132. The molecule has 1 fully saturated rings. The molecule has 1 atom stereocenters. The Morgan fingerprint density at radius 3 is 2.44 bits per heavy atom. The fourth-order valence-electron chi connectivity index (χ4n) is 4.14. The Bertz CT molecular complexity index is 1460. The fourth-order valence-corrected chi connectivity index (χ4v) is 5.15. The minimum absolute atomic E-state index is 0.00328. The molecule has 0 bridgehead atoms. The van der Waals surface area contributed by atoms with Crippen molar-refractivity contribution in [3.05, 3.63) is 100 Å². The van der Waals surface area contributed by atoms with Crippen molar-refractivity contribution in [2.45, 2.75) is 26.3 Å². The van der Waals surface area contributed by atoms with Crippen molar-refractivity contribution in [1.82, 2.24) is 4.98 Å². The second kappa shape index (κ2) is 8.50. The predicted octanol–water partition coefficient (Wildman–Crippen LogP) is 5.93. The number of aromatic nitrogens is 1. The van der Waals surface area contributed by atoms with Crippen LogP contribution in [0.25, 0.3) is 16.0 Å². The molecule has 4 aromatic rings. The van der Waals surface area contributed by atoms with E-state index in [0.717, 1.165) is 28.9 Å². The number of aryl methyl sites for hydroxylation is 2. The summed E-state index contributed by atoms with van der Waals surface area (Å²) in [5.41, 5.74) is 3.77. The molecule has 1 aliphatic heterocycles. The van der Waals surface area contributed by atoms with E-state index in [4.69, 9.17) is 0 Å².